The summed E-state index contributed by atoms with van der Waals surface area (Å²) >= 11 is 0. The number of rotatable bonds is 9. The van der Waals surface area contributed by atoms with Gasteiger partial charge in [0, 0.05) is 17.9 Å². The molecule has 23 heavy (non-hydrogen) atoms. The van der Waals surface area contributed by atoms with E-state index >= 15 is 0 Å². The van der Waals surface area contributed by atoms with E-state index in [1.54, 1.807) is 20.8 Å². The van der Waals surface area contributed by atoms with Crippen LogP contribution < -0.4 is 10.6 Å². The van der Waals surface area contributed by atoms with Crippen LogP contribution in [0, 0.1) is 11.3 Å². The van der Waals surface area contributed by atoms with Crippen molar-refractivity contribution in [2.75, 3.05) is 0 Å². The summed E-state index contributed by atoms with van der Waals surface area (Å²) in [5.41, 5.74) is -0.644. The quantitative estimate of drug-likeness (QED) is 0.601. The predicted molar refractivity (Wildman–Crippen MR) is 90.2 cm³/mol. The SMILES string of the molecule is CC(C)N[C@H](C(=O)N[C@@H](CCC(=O)O)C(=O)C(C)(C)C)C(C)C. The number of ketones is 1. The van der Waals surface area contributed by atoms with Gasteiger partial charge in [0.15, 0.2) is 5.78 Å². The largest absolute Gasteiger partial charge is 0.481 e. The minimum absolute atomic E-state index is 0.0577. The van der Waals surface area contributed by atoms with E-state index < -0.39 is 23.5 Å². The molecule has 3 N–H and O–H groups in total. The zero-order valence-corrected chi connectivity index (χ0v) is 15.4. The van der Waals surface area contributed by atoms with Gasteiger partial charge in [0.05, 0.1) is 12.1 Å². The molecule has 0 spiro atoms. The fourth-order valence-corrected chi connectivity index (χ4v) is 2.25. The molecule has 0 radical (unpaired) electrons. The van der Waals surface area contributed by atoms with Crippen LogP contribution in [0.3, 0.4) is 0 Å². The molecule has 0 unspecified atom stereocenters. The van der Waals surface area contributed by atoms with Crippen molar-refractivity contribution in [3.8, 4) is 0 Å². The smallest absolute Gasteiger partial charge is 0.303 e. The van der Waals surface area contributed by atoms with Gasteiger partial charge in [-0.1, -0.05) is 48.5 Å². The number of amides is 1. The highest BCUT2D eigenvalue weighted by atomic mass is 16.4. The average Bonchev–Trinajstić information content (AvgIpc) is 2.37. The Bertz CT molecular complexity index is 425. The van der Waals surface area contributed by atoms with Crippen LogP contribution >= 0.6 is 0 Å². The van der Waals surface area contributed by atoms with Gasteiger partial charge >= 0.3 is 5.97 Å². The van der Waals surface area contributed by atoms with E-state index in [0.29, 0.717) is 0 Å². The van der Waals surface area contributed by atoms with Crippen LogP contribution in [0.5, 0.6) is 0 Å². The first-order chi connectivity index (χ1) is 10.4. The lowest BCUT2D eigenvalue weighted by atomic mass is 9.84. The van der Waals surface area contributed by atoms with Crippen molar-refractivity contribution in [3.63, 3.8) is 0 Å². The van der Waals surface area contributed by atoms with Crippen LogP contribution in [0.4, 0.5) is 0 Å². The second kappa shape index (κ2) is 9.01. The summed E-state index contributed by atoms with van der Waals surface area (Å²) < 4.78 is 0. The molecule has 6 heteroatoms. The van der Waals surface area contributed by atoms with E-state index in [9.17, 15) is 14.4 Å². The van der Waals surface area contributed by atoms with Gasteiger partial charge in [-0.2, -0.15) is 0 Å². The monoisotopic (exact) mass is 328 g/mol. The van der Waals surface area contributed by atoms with E-state index in [1.165, 1.54) is 0 Å². The Morgan fingerprint density at radius 1 is 1.04 bits per heavy atom. The molecular formula is C17H32N2O4. The number of hydrogen-bond donors (Lipinski definition) is 3. The highest BCUT2D eigenvalue weighted by Gasteiger charge is 2.33. The minimum atomic E-state index is -0.980. The fourth-order valence-electron chi connectivity index (χ4n) is 2.25. The lowest BCUT2D eigenvalue weighted by Gasteiger charge is -2.29. The molecule has 0 aliphatic rings. The lowest BCUT2D eigenvalue weighted by Crippen LogP contribution is -2.55. The number of Topliss-reactive ketones (excluding diaryl/α,β-unsaturated/α-hetero) is 1. The predicted octanol–water partition coefficient (Wildman–Crippen LogP) is 1.97. The van der Waals surface area contributed by atoms with Gasteiger partial charge in [-0.05, 0) is 12.3 Å². The summed E-state index contributed by atoms with van der Waals surface area (Å²) in [5, 5.41) is 14.8. The molecule has 0 aliphatic heterocycles. The zero-order chi connectivity index (χ0) is 18.4. The fraction of sp³-hybridized carbons (Fsp3) is 0.824. The van der Waals surface area contributed by atoms with Crippen LogP contribution in [0.15, 0.2) is 0 Å². The Hall–Kier alpha value is -1.43. The van der Waals surface area contributed by atoms with E-state index in [1.807, 2.05) is 27.7 Å². The molecule has 0 saturated carbocycles. The van der Waals surface area contributed by atoms with Crippen molar-refractivity contribution in [2.24, 2.45) is 11.3 Å². The van der Waals surface area contributed by atoms with Gasteiger partial charge in [-0.25, -0.2) is 0 Å². The Labute approximate surface area is 139 Å². The molecule has 134 valence electrons. The van der Waals surface area contributed by atoms with Crippen molar-refractivity contribution in [1.29, 1.82) is 0 Å². The third-order valence-corrected chi connectivity index (χ3v) is 3.48. The van der Waals surface area contributed by atoms with Crippen LogP contribution in [0.2, 0.25) is 0 Å². The molecule has 0 saturated heterocycles. The first-order valence-electron chi connectivity index (χ1n) is 8.18. The Morgan fingerprint density at radius 2 is 1.57 bits per heavy atom. The number of carbonyl (C=O) groups is 3. The highest BCUT2D eigenvalue weighted by molar-refractivity contribution is 5.94. The number of carbonyl (C=O) groups excluding carboxylic acids is 2. The van der Waals surface area contributed by atoms with Crippen molar-refractivity contribution in [3.05, 3.63) is 0 Å². The summed E-state index contributed by atoms with van der Waals surface area (Å²) in [6, 6.07) is -1.08. The van der Waals surface area contributed by atoms with Crippen molar-refractivity contribution >= 4 is 17.7 Å². The number of nitrogens with one attached hydrogen (secondary N) is 2. The molecule has 0 aromatic heterocycles. The average molecular weight is 328 g/mol. The Morgan fingerprint density at radius 3 is 1.91 bits per heavy atom. The molecule has 0 aliphatic carbocycles. The van der Waals surface area contributed by atoms with E-state index in [0.717, 1.165) is 0 Å². The first-order valence-corrected chi connectivity index (χ1v) is 8.18. The normalized spacial score (nSPS) is 14.7. The third kappa shape index (κ3) is 8.11. The topological polar surface area (TPSA) is 95.5 Å². The van der Waals surface area contributed by atoms with Gasteiger partial charge in [-0.3, -0.25) is 14.4 Å². The number of hydrogen-bond acceptors (Lipinski definition) is 4. The van der Waals surface area contributed by atoms with Crippen LogP contribution in [-0.4, -0.2) is 40.9 Å². The summed E-state index contributed by atoms with van der Waals surface area (Å²) in [6.45, 7) is 13.1. The van der Waals surface area contributed by atoms with Crippen LogP contribution in [0.25, 0.3) is 0 Å². The van der Waals surface area contributed by atoms with Crippen molar-refractivity contribution in [1.82, 2.24) is 10.6 Å². The molecule has 0 bridgehead atoms. The maximum absolute atomic E-state index is 12.5. The van der Waals surface area contributed by atoms with Crippen molar-refractivity contribution in [2.45, 2.75) is 79.4 Å². The summed E-state index contributed by atoms with van der Waals surface area (Å²) in [4.78, 5) is 35.8. The molecular weight excluding hydrogens is 296 g/mol. The number of aliphatic carboxylic acids is 1. The third-order valence-electron chi connectivity index (χ3n) is 3.48. The second-order valence-corrected chi connectivity index (χ2v) is 7.65. The number of carboxylic acid groups (broad SMARTS) is 1. The highest BCUT2D eigenvalue weighted by Crippen LogP contribution is 2.19. The van der Waals surface area contributed by atoms with Crippen LogP contribution in [-0.2, 0) is 14.4 Å². The maximum Gasteiger partial charge on any atom is 0.303 e. The summed E-state index contributed by atoms with van der Waals surface area (Å²) in [7, 11) is 0. The molecule has 0 rings (SSSR count). The molecule has 0 fully saturated rings. The molecule has 0 aromatic carbocycles. The van der Waals surface area contributed by atoms with Gasteiger partial charge in [-0.15, -0.1) is 0 Å². The van der Waals surface area contributed by atoms with Crippen molar-refractivity contribution < 1.29 is 19.5 Å². The zero-order valence-electron chi connectivity index (χ0n) is 15.4. The van der Waals surface area contributed by atoms with E-state index in [4.69, 9.17) is 5.11 Å². The lowest BCUT2D eigenvalue weighted by molar-refractivity contribution is -0.138. The van der Waals surface area contributed by atoms with Gasteiger partial charge in [0.1, 0.15) is 0 Å². The Balaban J connectivity index is 5.14. The molecule has 1 amide bonds. The summed E-state index contributed by atoms with van der Waals surface area (Å²) in [6.07, 6.45) is -0.0552. The molecule has 0 heterocycles. The van der Waals surface area contributed by atoms with E-state index in [2.05, 4.69) is 10.6 Å². The molecule has 2 atom stereocenters. The second-order valence-electron chi connectivity index (χ2n) is 7.65. The summed E-state index contributed by atoms with van der Waals surface area (Å²) in [5.74, 6) is -1.34. The first kappa shape index (κ1) is 21.6. The van der Waals surface area contributed by atoms with Gasteiger partial charge in [0.25, 0.3) is 0 Å². The van der Waals surface area contributed by atoms with E-state index in [-0.39, 0.29) is 36.5 Å². The standard InChI is InChI=1S/C17H32N2O4/c1-10(2)14(18-11(3)4)16(23)19-12(8-9-13(20)21)15(22)17(5,6)7/h10-12,14,18H,8-9H2,1-7H3,(H,19,23)(H,20,21)/t12-,14-/m0/s1. The van der Waals surface area contributed by atoms with Gasteiger partial charge < -0.3 is 15.7 Å². The number of carboxylic acids is 1. The molecule has 6 nitrogen and oxygen atoms in total. The Kier molecular flexibility index (Phi) is 8.45. The van der Waals surface area contributed by atoms with Crippen LogP contribution in [0.1, 0.15) is 61.3 Å². The van der Waals surface area contributed by atoms with Gasteiger partial charge in [0.2, 0.25) is 5.91 Å². The maximum atomic E-state index is 12.5. The molecule has 0 aromatic rings. The minimum Gasteiger partial charge on any atom is -0.481 e.